The number of carbonyl (C=O) groups is 2. The molecule has 116 valence electrons. The molecule has 1 aliphatic heterocycles. The van der Waals surface area contributed by atoms with Gasteiger partial charge in [0.1, 0.15) is 16.5 Å². The fraction of sp³-hybridized carbons (Fsp3) is 0.833. The molecule has 20 heavy (non-hydrogen) atoms. The third-order valence-corrected chi connectivity index (χ3v) is 5.57. The van der Waals surface area contributed by atoms with Crippen molar-refractivity contribution in [2.24, 2.45) is 0 Å². The van der Waals surface area contributed by atoms with Crippen LogP contribution in [0, 0.1) is 0 Å². The van der Waals surface area contributed by atoms with Gasteiger partial charge in [0, 0.05) is 0 Å². The molecular formula is C12H21NO6S. The van der Waals surface area contributed by atoms with E-state index >= 15 is 0 Å². The van der Waals surface area contributed by atoms with Crippen LogP contribution >= 0.6 is 0 Å². The predicted molar refractivity (Wildman–Crippen MR) is 71.7 cm³/mol. The Morgan fingerprint density at radius 2 is 1.75 bits per heavy atom. The average Bonchev–Trinajstić information content (AvgIpc) is 2.41. The normalized spacial score (nSPS) is 24.3. The van der Waals surface area contributed by atoms with Crippen molar-refractivity contribution in [3.05, 3.63) is 0 Å². The standard InChI is InChI=1S/C12H21NO6S/c1-11(2,3)19-10(15)13-8(9(14)18-6)7-20(16,17)12(13,4)5/h8H,7H2,1-6H3/t8-/m0/s1. The lowest BCUT2D eigenvalue weighted by Crippen LogP contribution is -2.53. The van der Waals surface area contributed by atoms with Gasteiger partial charge in [-0.1, -0.05) is 0 Å². The van der Waals surface area contributed by atoms with Crippen molar-refractivity contribution in [1.29, 1.82) is 0 Å². The Labute approximate surface area is 119 Å². The molecule has 0 aliphatic carbocycles. The van der Waals surface area contributed by atoms with Crippen LogP contribution in [0.3, 0.4) is 0 Å². The van der Waals surface area contributed by atoms with Crippen LogP contribution in [-0.4, -0.2) is 54.8 Å². The Hall–Kier alpha value is -1.31. The zero-order valence-electron chi connectivity index (χ0n) is 12.6. The smallest absolute Gasteiger partial charge is 0.412 e. The molecule has 0 N–H and O–H groups in total. The zero-order valence-corrected chi connectivity index (χ0v) is 13.4. The number of rotatable bonds is 1. The van der Waals surface area contributed by atoms with Gasteiger partial charge in [0.05, 0.1) is 12.9 Å². The molecule has 1 fully saturated rings. The SMILES string of the molecule is COC(=O)[C@@H]1CS(=O)(=O)C(C)(C)N1C(=O)OC(C)(C)C. The molecule has 1 amide bonds. The van der Waals surface area contributed by atoms with Gasteiger partial charge in [-0.15, -0.1) is 0 Å². The van der Waals surface area contributed by atoms with Crippen LogP contribution in [-0.2, 0) is 24.1 Å². The van der Waals surface area contributed by atoms with Gasteiger partial charge in [-0.3, -0.25) is 4.90 Å². The van der Waals surface area contributed by atoms with Crippen molar-refractivity contribution < 1.29 is 27.5 Å². The number of hydrogen-bond donors (Lipinski definition) is 0. The van der Waals surface area contributed by atoms with Crippen molar-refractivity contribution in [1.82, 2.24) is 4.90 Å². The molecule has 0 bridgehead atoms. The molecule has 1 rings (SSSR count). The first-order valence-electron chi connectivity index (χ1n) is 6.16. The first-order valence-corrected chi connectivity index (χ1v) is 7.81. The molecule has 0 spiro atoms. The van der Waals surface area contributed by atoms with E-state index in [0.717, 1.165) is 12.0 Å². The summed E-state index contributed by atoms with van der Waals surface area (Å²) in [7, 11) is -2.51. The lowest BCUT2D eigenvalue weighted by molar-refractivity contribution is -0.146. The maximum atomic E-state index is 12.2. The molecule has 0 radical (unpaired) electrons. The largest absolute Gasteiger partial charge is 0.467 e. The number of sulfone groups is 1. The maximum Gasteiger partial charge on any atom is 0.412 e. The molecule has 8 heteroatoms. The van der Waals surface area contributed by atoms with Crippen LogP contribution in [0.15, 0.2) is 0 Å². The van der Waals surface area contributed by atoms with Crippen molar-refractivity contribution in [2.75, 3.05) is 12.9 Å². The van der Waals surface area contributed by atoms with E-state index in [1.54, 1.807) is 20.8 Å². The average molecular weight is 307 g/mol. The van der Waals surface area contributed by atoms with E-state index in [1.165, 1.54) is 13.8 Å². The summed E-state index contributed by atoms with van der Waals surface area (Å²) in [6, 6.07) is -1.19. The quantitative estimate of drug-likeness (QED) is 0.669. The third kappa shape index (κ3) is 2.89. The first kappa shape index (κ1) is 16.7. The van der Waals surface area contributed by atoms with Gasteiger partial charge in [0.25, 0.3) is 0 Å². The van der Waals surface area contributed by atoms with E-state index in [-0.39, 0.29) is 0 Å². The molecule has 7 nitrogen and oxygen atoms in total. The highest BCUT2D eigenvalue weighted by molar-refractivity contribution is 7.93. The highest BCUT2D eigenvalue weighted by Gasteiger charge is 2.57. The lowest BCUT2D eigenvalue weighted by Gasteiger charge is -2.34. The number of hydrogen-bond acceptors (Lipinski definition) is 6. The van der Waals surface area contributed by atoms with Crippen LogP contribution in [0.25, 0.3) is 0 Å². The van der Waals surface area contributed by atoms with Crippen LogP contribution in [0.4, 0.5) is 4.79 Å². The Morgan fingerprint density at radius 1 is 1.25 bits per heavy atom. The summed E-state index contributed by atoms with van der Waals surface area (Å²) in [6.07, 6.45) is -0.848. The lowest BCUT2D eigenvalue weighted by atomic mass is 10.2. The molecule has 0 aromatic carbocycles. The second-order valence-corrected chi connectivity index (χ2v) is 8.68. The molecule has 0 unspecified atom stereocenters. The molecule has 1 saturated heterocycles. The Balaban J connectivity index is 3.22. The van der Waals surface area contributed by atoms with Crippen LogP contribution in [0.5, 0.6) is 0 Å². The topological polar surface area (TPSA) is 90.0 Å². The number of methoxy groups -OCH3 is 1. The van der Waals surface area contributed by atoms with E-state index in [9.17, 15) is 18.0 Å². The van der Waals surface area contributed by atoms with Gasteiger partial charge in [0.15, 0.2) is 9.84 Å². The van der Waals surface area contributed by atoms with Crippen molar-refractivity contribution in [3.63, 3.8) is 0 Å². The predicted octanol–water partition coefficient (Wildman–Crippen LogP) is 0.930. The monoisotopic (exact) mass is 307 g/mol. The summed E-state index contributed by atoms with van der Waals surface area (Å²) in [5.74, 6) is -1.24. The van der Waals surface area contributed by atoms with Crippen molar-refractivity contribution in [3.8, 4) is 0 Å². The summed E-state index contributed by atoms with van der Waals surface area (Å²) in [5, 5.41) is 0. The number of nitrogens with zero attached hydrogens (tertiary/aromatic N) is 1. The maximum absolute atomic E-state index is 12.2. The molecule has 0 aromatic heterocycles. The molecule has 1 atom stereocenters. The van der Waals surface area contributed by atoms with Gasteiger partial charge in [-0.25, -0.2) is 18.0 Å². The summed E-state index contributed by atoms with van der Waals surface area (Å²) in [4.78, 5) is 23.4. The minimum absolute atomic E-state index is 0.466. The fourth-order valence-electron chi connectivity index (χ4n) is 1.98. The van der Waals surface area contributed by atoms with Gasteiger partial charge in [0.2, 0.25) is 0 Å². The highest BCUT2D eigenvalue weighted by Crippen LogP contribution is 2.35. The van der Waals surface area contributed by atoms with E-state index in [1.807, 2.05) is 0 Å². The third-order valence-electron chi connectivity index (χ3n) is 3.09. The number of amides is 1. The first-order chi connectivity index (χ1) is 8.83. The number of esters is 1. The van der Waals surface area contributed by atoms with Gasteiger partial charge in [-0.2, -0.15) is 0 Å². The van der Waals surface area contributed by atoms with Crippen LogP contribution in [0.2, 0.25) is 0 Å². The summed E-state index contributed by atoms with van der Waals surface area (Å²) < 4.78 is 34.0. The van der Waals surface area contributed by atoms with E-state index < -0.39 is 44.2 Å². The van der Waals surface area contributed by atoms with E-state index in [4.69, 9.17) is 4.74 Å². The highest BCUT2D eigenvalue weighted by atomic mass is 32.2. The van der Waals surface area contributed by atoms with E-state index in [2.05, 4.69) is 4.74 Å². The van der Waals surface area contributed by atoms with Crippen LogP contribution < -0.4 is 0 Å². The Morgan fingerprint density at radius 3 is 2.15 bits per heavy atom. The van der Waals surface area contributed by atoms with Crippen LogP contribution in [0.1, 0.15) is 34.6 Å². The van der Waals surface area contributed by atoms with Crippen molar-refractivity contribution >= 4 is 21.9 Å². The second-order valence-electron chi connectivity index (χ2n) is 6.12. The molecule has 1 aliphatic rings. The second kappa shape index (κ2) is 4.91. The van der Waals surface area contributed by atoms with E-state index in [0.29, 0.717) is 0 Å². The number of carbonyl (C=O) groups excluding carboxylic acids is 2. The minimum atomic E-state index is -3.65. The summed E-state index contributed by atoms with van der Waals surface area (Å²) in [6.45, 7) is 7.73. The minimum Gasteiger partial charge on any atom is -0.467 e. The molecule has 0 aromatic rings. The molecule has 0 saturated carbocycles. The van der Waals surface area contributed by atoms with Gasteiger partial charge >= 0.3 is 12.1 Å². The number of ether oxygens (including phenoxy) is 2. The van der Waals surface area contributed by atoms with Gasteiger partial charge in [-0.05, 0) is 34.6 Å². The summed E-state index contributed by atoms with van der Waals surface area (Å²) in [5.41, 5.74) is -0.791. The Bertz CT molecular complexity index is 517. The Kier molecular flexibility index (Phi) is 4.11. The van der Waals surface area contributed by atoms with Crippen molar-refractivity contribution in [2.45, 2.75) is 51.1 Å². The zero-order chi connectivity index (χ0) is 15.9. The summed E-state index contributed by atoms with van der Waals surface area (Å²) >= 11 is 0. The molecular weight excluding hydrogens is 286 g/mol. The van der Waals surface area contributed by atoms with Gasteiger partial charge < -0.3 is 9.47 Å². The fourth-order valence-corrected chi connectivity index (χ4v) is 3.59. The molecule has 1 heterocycles.